The van der Waals surface area contributed by atoms with Gasteiger partial charge >= 0.3 is 0 Å². The van der Waals surface area contributed by atoms with Crippen molar-refractivity contribution in [3.05, 3.63) is 42.2 Å². The highest BCUT2D eigenvalue weighted by Crippen LogP contribution is 2.27. The molecule has 0 radical (unpaired) electrons. The van der Waals surface area contributed by atoms with Crippen LogP contribution < -0.4 is 4.74 Å². The second-order valence-corrected chi connectivity index (χ2v) is 7.21. The van der Waals surface area contributed by atoms with E-state index in [0.717, 1.165) is 42.3 Å². The summed E-state index contributed by atoms with van der Waals surface area (Å²) in [5.74, 6) is 2.20. The van der Waals surface area contributed by atoms with E-state index in [-0.39, 0.29) is 0 Å². The SMILES string of the molecule is CCCCCCCCc1ccnc(-c2ccccc2OCC(C)CC)n1. The molecule has 0 saturated heterocycles. The Bertz CT molecular complexity index is 642. The van der Waals surface area contributed by atoms with Crippen LogP contribution in [0.5, 0.6) is 5.75 Å². The third kappa shape index (κ3) is 6.78. The number of ether oxygens (including phenoxy) is 1. The first kappa shape index (κ1) is 20.4. The fraction of sp³-hybridized carbons (Fsp3) is 0.565. The fourth-order valence-corrected chi connectivity index (χ4v) is 2.88. The lowest BCUT2D eigenvalue weighted by Crippen LogP contribution is -2.08. The molecule has 1 aromatic carbocycles. The number of benzene rings is 1. The van der Waals surface area contributed by atoms with Crippen LogP contribution in [0.15, 0.2) is 36.5 Å². The van der Waals surface area contributed by atoms with Crippen LogP contribution in [-0.4, -0.2) is 16.6 Å². The van der Waals surface area contributed by atoms with Crippen molar-refractivity contribution in [1.82, 2.24) is 9.97 Å². The summed E-state index contributed by atoms with van der Waals surface area (Å²) in [5.41, 5.74) is 2.11. The first-order valence-electron chi connectivity index (χ1n) is 10.3. The average molecular weight is 355 g/mol. The molecule has 0 aliphatic heterocycles. The highest BCUT2D eigenvalue weighted by atomic mass is 16.5. The molecule has 0 N–H and O–H groups in total. The molecule has 3 nitrogen and oxygen atoms in total. The van der Waals surface area contributed by atoms with Gasteiger partial charge in [0, 0.05) is 11.9 Å². The predicted octanol–water partition coefficient (Wildman–Crippen LogP) is 6.47. The van der Waals surface area contributed by atoms with Gasteiger partial charge in [-0.15, -0.1) is 0 Å². The minimum absolute atomic E-state index is 0.544. The van der Waals surface area contributed by atoms with Crippen molar-refractivity contribution in [2.45, 2.75) is 72.1 Å². The first-order valence-corrected chi connectivity index (χ1v) is 10.3. The Hall–Kier alpha value is -1.90. The summed E-state index contributed by atoms with van der Waals surface area (Å²) in [6.07, 6.45) is 11.8. The van der Waals surface area contributed by atoms with Crippen LogP contribution in [0.2, 0.25) is 0 Å². The van der Waals surface area contributed by atoms with Crippen LogP contribution in [0.4, 0.5) is 0 Å². The second kappa shape index (κ2) is 11.7. The molecule has 1 aromatic heterocycles. The van der Waals surface area contributed by atoms with E-state index in [9.17, 15) is 0 Å². The van der Waals surface area contributed by atoms with Gasteiger partial charge in [0.2, 0.25) is 0 Å². The predicted molar refractivity (Wildman–Crippen MR) is 109 cm³/mol. The number of hydrogen-bond donors (Lipinski definition) is 0. The van der Waals surface area contributed by atoms with E-state index >= 15 is 0 Å². The van der Waals surface area contributed by atoms with Gasteiger partial charge in [0.05, 0.1) is 12.2 Å². The average Bonchev–Trinajstić information content (AvgIpc) is 2.69. The summed E-state index contributed by atoms with van der Waals surface area (Å²) in [4.78, 5) is 9.29. The first-order chi connectivity index (χ1) is 12.7. The van der Waals surface area contributed by atoms with Crippen molar-refractivity contribution >= 4 is 0 Å². The number of nitrogens with zero attached hydrogens (tertiary/aromatic N) is 2. The Labute approximate surface area is 159 Å². The maximum absolute atomic E-state index is 6.04. The maximum Gasteiger partial charge on any atom is 0.163 e. The van der Waals surface area contributed by atoms with E-state index < -0.39 is 0 Å². The molecule has 0 saturated carbocycles. The number of aryl methyl sites for hydroxylation is 1. The number of unbranched alkanes of at least 4 members (excludes halogenated alkanes) is 5. The smallest absolute Gasteiger partial charge is 0.163 e. The van der Waals surface area contributed by atoms with Crippen LogP contribution in [0.1, 0.15) is 71.4 Å². The highest BCUT2D eigenvalue weighted by Gasteiger charge is 2.10. The van der Waals surface area contributed by atoms with Gasteiger partial charge in [0.25, 0.3) is 0 Å². The molecule has 0 amide bonds. The van der Waals surface area contributed by atoms with Crippen molar-refractivity contribution in [2.24, 2.45) is 5.92 Å². The van der Waals surface area contributed by atoms with E-state index in [0.29, 0.717) is 5.92 Å². The molecule has 142 valence electrons. The molecule has 3 heteroatoms. The van der Waals surface area contributed by atoms with E-state index in [4.69, 9.17) is 9.72 Å². The van der Waals surface area contributed by atoms with Crippen molar-refractivity contribution in [2.75, 3.05) is 6.61 Å². The Balaban J connectivity index is 1.98. The Kier molecular flexibility index (Phi) is 9.16. The van der Waals surface area contributed by atoms with Gasteiger partial charge in [-0.05, 0) is 37.0 Å². The Morgan fingerprint density at radius 2 is 1.73 bits per heavy atom. The highest BCUT2D eigenvalue weighted by molar-refractivity contribution is 5.63. The third-order valence-electron chi connectivity index (χ3n) is 4.85. The van der Waals surface area contributed by atoms with Crippen molar-refractivity contribution in [3.63, 3.8) is 0 Å². The molecule has 2 aromatic rings. The fourth-order valence-electron chi connectivity index (χ4n) is 2.88. The summed E-state index contributed by atoms with van der Waals surface area (Å²) in [6, 6.07) is 10.1. The molecule has 2 rings (SSSR count). The molecule has 0 spiro atoms. The van der Waals surface area contributed by atoms with Crippen LogP contribution in [0, 0.1) is 5.92 Å². The molecule has 0 fully saturated rings. The van der Waals surface area contributed by atoms with Gasteiger partial charge in [0.15, 0.2) is 5.82 Å². The molecule has 0 aliphatic carbocycles. The zero-order valence-corrected chi connectivity index (χ0v) is 16.7. The van der Waals surface area contributed by atoms with E-state index in [1.807, 2.05) is 30.5 Å². The molecule has 0 bridgehead atoms. The second-order valence-electron chi connectivity index (χ2n) is 7.21. The van der Waals surface area contributed by atoms with Gasteiger partial charge in [0.1, 0.15) is 5.75 Å². The van der Waals surface area contributed by atoms with Crippen molar-refractivity contribution < 1.29 is 4.74 Å². The Morgan fingerprint density at radius 3 is 2.54 bits per heavy atom. The lowest BCUT2D eigenvalue weighted by atomic mass is 10.1. The van der Waals surface area contributed by atoms with E-state index in [1.165, 1.54) is 38.5 Å². The van der Waals surface area contributed by atoms with E-state index in [1.54, 1.807) is 0 Å². The van der Waals surface area contributed by atoms with Crippen LogP contribution in [-0.2, 0) is 6.42 Å². The van der Waals surface area contributed by atoms with Crippen LogP contribution >= 0.6 is 0 Å². The van der Waals surface area contributed by atoms with Crippen LogP contribution in [0.25, 0.3) is 11.4 Å². The third-order valence-corrected chi connectivity index (χ3v) is 4.85. The van der Waals surface area contributed by atoms with Gasteiger partial charge < -0.3 is 4.74 Å². The van der Waals surface area contributed by atoms with Gasteiger partial charge in [-0.3, -0.25) is 0 Å². The monoisotopic (exact) mass is 354 g/mol. The molecular formula is C23H34N2O. The van der Waals surface area contributed by atoms with Gasteiger partial charge in [-0.25, -0.2) is 9.97 Å². The summed E-state index contributed by atoms with van der Waals surface area (Å²) in [7, 11) is 0. The summed E-state index contributed by atoms with van der Waals surface area (Å²) < 4.78 is 6.04. The zero-order chi connectivity index (χ0) is 18.6. The number of aromatic nitrogens is 2. The maximum atomic E-state index is 6.04. The normalized spacial score (nSPS) is 12.1. The molecule has 0 aliphatic rings. The quantitative estimate of drug-likeness (QED) is 0.410. The van der Waals surface area contributed by atoms with Gasteiger partial charge in [-0.2, -0.15) is 0 Å². The zero-order valence-electron chi connectivity index (χ0n) is 16.7. The Morgan fingerprint density at radius 1 is 0.962 bits per heavy atom. The topological polar surface area (TPSA) is 35.0 Å². The summed E-state index contributed by atoms with van der Waals surface area (Å²) in [5, 5.41) is 0. The number of hydrogen-bond acceptors (Lipinski definition) is 3. The molecule has 26 heavy (non-hydrogen) atoms. The van der Waals surface area contributed by atoms with Crippen molar-refractivity contribution in [1.29, 1.82) is 0 Å². The number of rotatable bonds is 12. The lowest BCUT2D eigenvalue weighted by molar-refractivity contribution is 0.257. The molecule has 1 heterocycles. The summed E-state index contributed by atoms with van der Waals surface area (Å²) >= 11 is 0. The number of para-hydroxylation sites is 1. The molecule has 1 atom stereocenters. The standard InChI is InChI=1S/C23H34N2O/c1-4-6-7-8-9-10-13-20-16-17-24-23(25-20)21-14-11-12-15-22(21)26-18-19(3)5-2/h11-12,14-17,19H,4-10,13,18H2,1-3H3. The largest absolute Gasteiger partial charge is 0.493 e. The molecule has 1 unspecified atom stereocenters. The minimum atomic E-state index is 0.544. The minimum Gasteiger partial charge on any atom is -0.493 e. The summed E-state index contributed by atoms with van der Waals surface area (Å²) in [6.45, 7) is 7.38. The van der Waals surface area contributed by atoms with E-state index in [2.05, 4.69) is 31.8 Å². The van der Waals surface area contributed by atoms with Crippen molar-refractivity contribution in [3.8, 4) is 17.1 Å². The van der Waals surface area contributed by atoms with Gasteiger partial charge in [-0.1, -0.05) is 71.4 Å². The lowest BCUT2D eigenvalue weighted by Gasteiger charge is -2.14. The van der Waals surface area contributed by atoms with Crippen LogP contribution in [0.3, 0.4) is 0 Å². The molecular weight excluding hydrogens is 320 g/mol.